The molecule has 1 aliphatic rings. The van der Waals surface area contributed by atoms with Gasteiger partial charge in [0, 0.05) is 17.0 Å². The van der Waals surface area contributed by atoms with Crippen LogP contribution in [0.3, 0.4) is 0 Å². The summed E-state index contributed by atoms with van der Waals surface area (Å²) >= 11 is 1.65. The predicted octanol–water partition coefficient (Wildman–Crippen LogP) is 3.16. The summed E-state index contributed by atoms with van der Waals surface area (Å²) < 4.78 is 1.36. The van der Waals surface area contributed by atoms with Gasteiger partial charge >= 0.3 is 0 Å². The van der Waals surface area contributed by atoms with E-state index in [-0.39, 0.29) is 17.5 Å². The van der Waals surface area contributed by atoms with Crippen LogP contribution in [0.4, 0.5) is 0 Å². The Bertz CT molecular complexity index is 947. The van der Waals surface area contributed by atoms with E-state index in [0.29, 0.717) is 18.8 Å². The number of aromatic nitrogens is 2. The Morgan fingerprint density at radius 3 is 2.62 bits per heavy atom. The maximum Gasteiger partial charge on any atom is 0.274 e. The fourth-order valence-corrected chi connectivity index (χ4v) is 3.61. The SMILES string of the molecule is O=C(c1ccc(=O)n(Cc2ccccc2)n1)N(Cc1cccs1)C1CC1. The van der Waals surface area contributed by atoms with Gasteiger partial charge in [0.25, 0.3) is 11.5 Å². The summed E-state index contributed by atoms with van der Waals surface area (Å²) in [6, 6.07) is 16.9. The van der Waals surface area contributed by atoms with E-state index in [4.69, 9.17) is 0 Å². The van der Waals surface area contributed by atoms with Crippen molar-refractivity contribution in [1.29, 1.82) is 0 Å². The molecule has 26 heavy (non-hydrogen) atoms. The summed E-state index contributed by atoms with van der Waals surface area (Å²) in [5.41, 5.74) is 1.09. The number of carbonyl (C=O) groups is 1. The van der Waals surface area contributed by atoms with Gasteiger partial charge in [-0.15, -0.1) is 11.3 Å². The van der Waals surface area contributed by atoms with Gasteiger partial charge in [-0.05, 0) is 35.9 Å². The molecule has 0 spiro atoms. The molecule has 2 aromatic heterocycles. The van der Waals surface area contributed by atoms with Gasteiger partial charge in [0.1, 0.15) is 5.69 Å². The molecule has 1 aliphatic carbocycles. The van der Waals surface area contributed by atoms with Gasteiger partial charge in [0.15, 0.2) is 0 Å². The van der Waals surface area contributed by atoms with Crippen LogP contribution >= 0.6 is 11.3 Å². The van der Waals surface area contributed by atoms with Crippen molar-refractivity contribution in [1.82, 2.24) is 14.7 Å². The number of hydrogen-bond acceptors (Lipinski definition) is 4. The Labute approximate surface area is 155 Å². The first-order chi connectivity index (χ1) is 12.7. The number of benzene rings is 1. The Morgan fingerprint density at radius 1 is 1.12 bits per heavy atom. The number of amides is 1. The van der Waals surface area contributed by atoms with Crippen LogP contribution in [0.2, 0.25) is 0 Å². The molecule has 2 heterocycles. The van der Waals surface area contributed by atoms with Crippen LogP contribution in [0.15, 0.2) is 64.8 Å². The molecule has 1 amide bonds. The third-order valence-electron chi connectivity index (χ3n) is 4.42. The first kappa shape index (κ1) is 16.7. The maximum absolute atomic E-state index is 13.0. The van der Waals surface area contributed by atoms with E-state index in [1.165, 1.54) is 16.8 Å². The van der Waals surface area contributed by atoms with Crippen LogP contribution in [0.5, 0.6) is 0 Å². The largest absolute Gasteiger partial charge is 0.329 e. The molecule has 1 saturated carbocycles. The molecule has 6 heteroatoms. The van der Waals surface area contributed by atoms with Crippen LogP contribution < -0.4 is 5.56 Å². The van der Waals surface area contributed by atoms with E-state index < -0.39 is 0 Å². The van der Waals surface area contributed by atoms with Crippen molar-refractivity contribution in [2.24, 2.45) is 0 Å². The Hall–Kier alpha value is -2.73. The lowest BCUT2D eigenvalue weighted by atomic mass is 10.2. The highest BCUT2D eigenvalue weighted by Crippen LogP contribution is 2.30. The van der Waals surface area contributed by atoms with Crippen LogP contribution in [0, 0.1) is 0 Å². The molecule has 0 atom stereocenters. The molecule has 5 nitrogen and oxygen atoms in total. The second-order valence-electron chi connectivity index (χ2n) is 6.44. The molecule has 4 rings (SSSR count). The maximum atomic E-state index is 13.0. The van der Waals surface area contributed by atoms with E-state index in [2.05, 4.69) is 5.10 Å². The quantitative estimate of drug-likeness (QED) is 0.674. The standard InChI is InChI=1S/C20H19N3O2S/c24-19-11-10-18(21-23(19)13-15-5-2-1-3-6-15)20(25)22(16-8-9-16)14-17-7-4-12-26-17/h1-7,10-12,16H,8-9,13-14H2. The fraction of sp³-hybridized carbons (Fsp3) is 0.250. The zero-order valence-corrected chi connectivity index (χ0v) is 15.1. The van der Waals surface area contributed by atoms with E-state index in [9.17, 15) is 9.59 Å². The summed E-state index contributed by atoms with van der Waals surface area (Å²) in [5.74, 6) is -0.109. The van der Waals surface area contributed by atoms with Crippen molar-refractivity contribution in [2.45, 2.75) is 32.0 Å². The number of nitrogens with zero attached hydrogens (tertiary/aromatic N) is 3. The monoisotopic (exact) mass is 365 g/mol. The molecule has 132 valence electrons. The number of hydrogen-bond donors (Lipinski definition) is 0. The molecular weight excluding hydrogens is 346 g/mol. The average molecular weight is 365 g/mol. The number of carbonyl (C=O) groups excluding carboxylic acids is 1. The molecule has 0 bridgehead atoms. The molecule has 1 fully saturated rings. The van der Waals surface area contributed by atoms with Crippen LogP contribution in [-0.2, 0) is 13.1 Å². The zero-order valence-electron chi connectivity index (χ0n) is 14.2. The molecular formula is C20H19N3O2S. The smallest absolute Gasteiger partial charge is 0.274 e. The predicted molar refractivity (Wildman–Crippen MR) is 101 cm³/mol. The molecule has 0 saturated heterocycles. The highest BCUT2D eigenvalue weighted by molar-refractivity contribution is 7.09. The second-order valence-corrected chi connectivity index (χ2v) is 7.48. The fourth-order valence-electron chi connectivity index (χ4n) is 2.90. The molecule has 3 aromatic rings. The Morgan fingerprint density at radius 2 is 1.92 bits per heavy atom. The third kappa shape index (κ3) is 3.75. The van der Waals surface area contributed by atoms with E-state index in [1.54, 1.807) is 11.3 Å². The van der Waals surface area contributed by atoms with Crippen molar-refractivity contribution in [3.05, 3.63) is 86.5 Å². The molecule has 0 aliphatic heterocycles. The third-order valence-corrected chi connectivity index (χ3v) is 5.28. The van der Waals surface area contributed by atoms with Crippen LogP contribution in [0.25, 0.3) is 0 Å². The summed E-state index contributed by atoms with van der Waals surface area (Å²) in [4.78, 5) is 28.2. The second kappa shape index (κ2) is 7.25. The van der Waals surface area contributed by atoms with Gasteiger partial charge in [-0.25, -0.2) is 4.68 Å². The zero-order chi connectivity index (χ0) is 17.9. The van der Waals surface area contributed by atoms with Gasteiger partial charge in [0.05, 0.1) is 13.1 Å². The van der Waals surface area contributed by atoms with Crippen molar-refractivity contribution >= 4 is 17.2 Å². The highest BCUT2D eigenvalue weighted by atomic mass is 32.1. The summed E-state index contributed by atoms with van der Waals surface area (Å²) in [5, 5.41) is 6.36. The van der Waals surface area contributed by atoms with Crippen molar-refractivity contribution in [3.63, 3.8) is 0 Å². The Kier molecular flexibility index (Phi) is 4.67. The van der Waals surface area contributed by atoms with Gasteiger partial charge < -0.3 is 4.90 Å². The Balaban J connectivity index is 1.58. The van der Waals surface area contributed by atoms with Crippen molar-refractivity contribution in [2.75, 3.05) is 0 Å². The minimum Gasteiger partial charge on any atom is -0.329 e. The first-order valence-corrected chi connectivity index (χ1v) is 9.54. The molecule has 0 unspecified atom stereocenters. The summed E-state index contributed by atoms with van der Waals surface area (Å²) in [6.07, 6.45) is 2.06. The van der Waals surface area contributed by atoms with Crippen molar-refractivity contribution < 1.29 is 4.79 Å². The van der Waals surface area contributed by atoms with Crippen LogP contribution in [0.1, 0.15) is 33.8 Å². The highest BCUT2D eigenvalue weighted by Gasteiger charge is 2.34. The number of thiophene rings is 1. The average Bonchev–Trinajstić information content (AvgIpc) is 3.37. The lowest BCUT2D eigenvalue weighted by Crippen LogP contribution is -2.35. The van der Waals surface area contributed by atoms with Crippen LogP contribution in [-0.4, -0.2) is 26.6 Å². The van der Waals surface area contributed by atoms with Gasteiger partial charge in [0.2, 0.25) is 0 Å². The molecule has 0 radical (unpaired) electrons. The van der Waals surface area contributed by atoms with E-state index >= 15 is 0 Å². The minimum atomic E-state index is -0.207. The lowest BCUT2D eigenvalue weighted by molar-refractivity contribution is 0.0723. The summed E-state index contributed by atoms with van der Waals surface area (Å²) in [6.45, 7) is 0.954. The molecule has 0 N–H and O–H groups in total. The normalized spacial score (nSPS) is 13.5. The van der Waals surface area contributed by atoms with E-state index in [1.807, 2.05) is 52.7 Å². The topological polar surface area (TPSA) is 55.2 Å². The number of rotatable bonds is 6. The first-order valence-electron chi connectivity index (χ1n) is 8.66. The summed E-state index contributed by atoms with van der Waals surface area (Å²) in [7, 11) is 0. The van der Waals surface area contributed by atoms with Gasteiger partial charge in [-0.2, -0.15) is 5.10 Å². The van der Waals surface area contributed by atoms with E-state index in [0.717, 1.165) is 23.3 Å². The minimum absolute atomic E-state index is 0.109. The van der Waals surface area contributed by atoms with Gasteiger partial charge in [-0.1, -0.05) is 36.4 Å². The lowest BCUT2D eigenvalue weighted by Gasteiger charge is -2.21. The molecule has 1 aromatic carbocycles. The van der Waals surface area contributed by atoms with Gasteiger partial charge in [-0.3, -0.25) is 9.59 Å². The van der Waals surface area contributed by atoms with Crippen molar-refractivity contribution in [3.8, 4) is 0 Å².